The first kappa shape index (κ1) is 17.1. The van der Waals surface area contributed by atoms with Crippen molar-refractivity contribution in [3.05, 3.63) is 89.5 Å². The summed E-state index contributed by atoms with van der Waals surface area (Å²) in [7, 11) is 0. The summed E-state index contributed by atoms with van der Waals surface area (Å²) in [6.45, 7) is 14.2. The minimum absolute atomic E-state index is 0.132. The van der Waals surface area contributed by atoms with Crippen molar-refractivity contribution in [2.45, 2.75) is 39.0 Å². The Morgan fingerprint density at radius 2 is 1.43 bits per heavy atom. The topological polar surface area (TPSA) is 20.2 Å². The van der Waals surface area contributed by atoms with Crippen molar-refractivity contribution in [1.82, 2.24) is 0 Å². The van der Waals surface area contributed by atoms with E-state index in [4.69, 9.17) is 0 Å². The Hall–Kier alpha value is -2.28. The van der Waals surface area contributed by atoms with Crippen LogP contribution in [-0.2, 0) is 18.3 Å². The molecule has 2 rings (SSSR count). The molecule has 0 radical (unpaired) electrons. The van der Waals surface area contributed by atoms with E-state index in [1.54, 1.807) is 6.07 Å². The predicted octanol–water partition coefficient (Wildman–Crippen LogP) is 5.48. The highest BCUT2D eigenvalue weighted by Gasteiger charge is 2.24. The molecule has 1 heteroatoms. The van der Waals surface area contributed by atoms with Crippen molar-refractivity contribution in [3.8, 4) is 5.75 Å². The number of aryl methyl sites for hydroxylation is 1. The molecule has 0 unspecified atom stereocenters. The maximum atomic E-state index is 9.99. The van der Waals surface area contributed by atoms with E-state index >= 15 is 0 Å². The summed E-state index contributed by atoms with van der Waals surface area (Å²) in [6.07, 6.45) is 5.32. The van der Waals surface area contributed by atoms with Crippen molar-refractivity contribution < 1.29 is 5.11 Å². The van der Waals surface area contributed by atoms with Crippen molar-refractivity contribution in [1.29, 1.82) is 0 Å². The molecular weight excluding hydrogens is 280 g/mol. The zero-order valence-corrected chi connectivity index (χ0v) is 14.4. The first-order chi connectivity index (χ1) is 10.9. The van der Waals surface area contributed by atoms with Crippen LogP contribution in [0.4, 0.5) is 0 Å². The predicted molar refractivity (Wildman–Crippen MR) is 99.2 cm³/mol. The molecule has 120 valence electrons. The van der Waals surface area contributed by atoms with Crippen LogP contribution in [0.2, 0.25) is 0 Å². The van der Waals surface area contributed by atoms with Crippen LogP contribution in [0.5, 0.6) is 5.75 Å². The lowest BCUT2D eigenvalue weighted by atomic mass is 9.76. The zero-order valence-electron chi connectivity index (χ0n) is 14.4. The molecule has 0 aliphatic rings. The Labute approximate surface area is 140 Å². The first-order valence-electron chi connectivity index (χ1n) is 8.04. The molecule has 0 heterocycles. The van der Waals surface area contributed by atoms with Gasteiger partial charge in [-0.2, -0.15) is 0 Å². The summed E-state index contributed by atoms with van der Waals surface area (Å²) < 4.78 is 0. The molecule has 23 heavy (non-hydrogen) atoms. The molecule has 0 saturated heterocycles. The third kappa shape index (κ3) is 3.56. The Morgan fingerprint density at radius 1 is 0.913 bits per heavy atom. The smallest absolute Gasteiger partial charge is 0.119 e. The van der Waals surface area contributed by atoms with E-state index in [-0.39, 0.29) is 5.41 Å². The molecule has 1 N–H and O–H groups in total. The highest BCUT2D eigenvalue weighted by molar-refractivity contribution is 5.46. The molecule has 2 aromatic carbocycles. The van der Waals surface area contributed by atoms with E-state index in [1.807, 2.05) is 18.2 Å². The lowest BCUT2D eigenvalue weighted by Crippen LogP contribution is -2.19. The van der Waals surface area contributed by atoms with E-state index in [2.05, 4.69) is 58.2 Å². The molecule has 0 aromatic heterocycles. The lowest BCUT2D eigenvalue weighted by Gasteiger charge is -2.28. The van der Waals surface area contributed by atoms with E-state index < -0.39 is 0 Å². The number of aromatic hydroxyl groups is 1. The molecule has 0 amide bonds. The van der Waals surface area contributed by atoms with Crippen LogP contribution < -0.4 is 0 Å². The summed E-state index contributed by atoms with van der Waals surface area (Å²) in [5, 5.41) is 9.99. The van der Waals surface area contributed by atoms with Crippen LogP contribution in [0.1, 0.15) is 41.7 Å². The van der Waals surface area contributed by atoms with Crippen LogP contribution in [0.15, 0.2) is 61.7 Å². The van der Waals surface area contributed by atoms with Gasteiger partial charge in [-0.25, -0.2) is 0 Å². The summed E-state index contributed by atoms with van der Waals surface area (Å²) in [5.41, 5.74) is 5.87. The van der Waals surface area contributed by atoms with E-state index in [1.165, 1.54) is 22.3 Å². The summed E-state index contributed by atoms with van der Waals surface area (Å²) in [6, 6.07) is 12.5. The Morgan fingerprint density at radius 3 is 2.04 bits per heavy atom. The number of benzene rings is 2. The zero-order chi connectivity index (χ0) is 17.0. The van der Waals surface area contributed by atoms with Gasteiger partial charge in [0.25, 0.3) is 0 Å². The molecule has 0 aliphatic heterocycles. The van der Waals surface area contributed by atoms with Crippen LogP contribution in [0.25, 0.3) is 0 Å². The van der Waals surface area contributed by atoms with Gasteiger partial charge in [0.05, 0.1) is 0 Å². The fraction of sp³-hybridized carbons (Fsp3) is 0.273. The van der Waals surface area contributed by atoms with Gasteiger partial charge in [-0.05, 0) is 53.6 Å². The summed E-state index contributed by atoms with van der Waals surface area (Å²) in [5.74, 6) is 0.334. The standard InChI is InChI=1S/C22H26O/c1-6-8-17-14-19(11-10-16(17)3)22(4,5)20-12-13-21(23)18(15-20)9-7-2/h6-7,10-15,23H,1-2,8-9H2,3-5H3. The second-order valence-corrected chi connectivity index (χ2v) is 6.60. The maximum absolute atomic E-state index is 9.99. The second kappa shape index (κ2) is 6.87. The molecule has 0 fully saturated rings. The lowest BCUT2D eigenvalue weighted by molar-refractivity contribution is 0.468. The third-order valence-electron chi connectivity index (χ3n) is 4.60. The van der Waals surface area contributed by atoms with Gasteiger partial charge in [0.1, 0.15) is 5.75 Å². The number of hydrogen-bond donors (Lipinski definition) is 1. The summed E-state index contributed by atoms with van der Waals surface area (Å²) in [4.78, 5) is 0. The van der Waals surface area contributed by atoms with Crippen molar-refractivity contribution >= 4 is 0 Å². The average molecular weight is 306 g/mol. The van der Waals surface area contributed by atoms with Gasteiger partial charge in [-0.15, -0.1) is 13.2 Å². The van der Waals surface area contributed by atoms with Crippen molar-refractivity contribution in [2.24, 2.45) is 0 Å². The maximum Gasteiger partial charge on any atom is 0.119 e. The quantitative estimate of drug-likeness (QED) is 0.700. The number of rotatable bonds is 6. The fourth-order valence-corrected chi connectivity index (χ4v) is 2.90. The second-order valence-electron chi connectivity index (χ2n) is 6.60. The molecule has 0 aliphatic carbocycles. The molecule has 0 spiro atoms. The van der Waals surface area contributed by atoms with Crippen LogP contribution >= 0.6 is 0 Å². The third-order valence-corrected chi connectivity index (χ3v) is 4.60. The first-order valence-corrected chi connectivity index (χ1v) is 8.04. The van der Waals surface area contributed by atoms with Crippen molar-refractivity contribution in [3.63, 3.8) is 0 Å². The summed E-state index contributed by atoms with van der Waals surface area (Å²) >= 11 is 0. The number of phenols is 1. The normalized spacial score (nSPS) is 11.3. The molecule has 0 saturated carbocycles. The van der Waals surface area contributed by atoms with Crippen LogP contribution in [0, 0.1) is 6.92 Å². The molecule has 1 nitrogen and oxygen atoms in total. The Bertz CT molecular complexity index is 661. The average Bonchev–Trinajstić information content (AvgIpc) is 2.51. The highest BCUT2D eigenvalue weighted by atomic mass is 16.3. The van der Waals surface area contributed by atoms with E-state index in [0.717, 1.165) is 12.0 Å². The van der Waals surface area contributed by atoms with Gasteiger partial charge >= 0.3 is 0 Å². The van der Waals surface area contributed by atoms with Gasteiger partial charge < -0.3 is 5.11 Å². The van der Waals surface area contributed by atoms with E-state index in [9.17, 15) is 5.11 Å². The Kier molecular flexibility index (Phi) is 5.10. The van der Waals surface area contributed by atoms with Crippen molar-refractivity contribution in [2.75, 3.05) is 0 Å². The number of allylic oxidation sites excluding steroid dienone is 2. The largest absolute Gasteiger partial charge is 0.508 e. The Balaban J connectivity index is 2.49. The SMILES string of the molecule is C=CCc1cc(C(C)(C)c2ccc(O)c(CC=C)c2)ccc1C. The number of phenolic OH excluding ortho intramolecular Hbond substituents is 1. The molecule has 0 atom stereocenters. The fourth-order valence-electron chi connectivity index (χ4n) is 2.90. The van der Waals surface area contributed by atoms with Gasteiger partial charge in [-0.1, -0.05) is 56.3 Å². The number of hydrogen-bond acceptors (Lipinski definition) is 1. The molecule has 0 bridgehead atoms. The minimum atomic E-state index is -0.132. The molecular formula is C22H26O. The highest BCUT2D eigenvalue weighted by Crippen LogP contribution is 2.35. The van der Waals surface area contributed by atoms with Gasteiger partial charge in [0.15, 0.2) is 0 Å². The monoisotopic (exact) mass is 306 g/mol. The van der Waals surface area contributed by atoms with Crippen LogP contribution in [0.3, 0.4) is 0 Å². The van der Waals surface area contributed by atoms with Gasteiger partial charge in [0, 0.05) is 5.41 Å². The van der Waals surface area contributed by atoms with Crippen LogP contribution in [-0.4, -0.2) is 5.11 Å². The van der Waals surface area contributed by atoms with Gasteiger partial charge in [-0.3, -0.25) is 0 Å². The minimum Gasteiger partial charge on any atom is -0.508 e. The molecule has 2 aromatic rings. The van der Waals surface area contributed by atoms with E-state index in [0.29, 0.717) is 12.2 Å². The van der Waals surface area contributed by atoms with Gasteiger partial charge in [0.2, 0.25) is 0 Å².